The Morgan fingerprint density at radius 1 is 1.19 bits per heavy atom. The van der Waals surface area contributed by atoms with Crippen LogP contribution in [0.25, 0.3) is 0 Å². The fourth-order valence-electron chi connectivity index (χ4n) is 2.45. The van der Waals surface area contributed by atoms with Crippen LogP contribution >= 0.6 is 11.6 Å². The van der Waals surface area contributed by atoms with E-state index in [0.29, 0.717) is 10.7 Å². The number of rotatable bonds is 7. The van der Waals surface area contributed by atoms with E-state index in [1.54, 1.807) is 49.4 Å². The SMILES string of the molecule is COc1ccc(C)cc1S(=O)(=O)NCCN(C(C)=O)c1ccc(Cl)cc1. The number of ether oxygens (including phenoxy) is 1. The van der Waals surface area contributed by atoms with E-state index in [4.69, 9.17) is 16.3 Å². The van der Waals surface area contributed by atoms with Gasteiger partial charge in [-0.25, -0.2) is 13.1 Å². The Labute approximate surface area is 158 Å². The van der Waals surface area contributed by atoms with Crippen LogP contribution in [-0.4, -0.2) is 34.5 Å². The lowest BCUT2D eigenvalue weighted by Crippen LogP contribution is -2.37. The first-order chi connectivity index (χ1) is 12.2. The second kappa shape index (κ2) is 8.53. The summed E-state index contributed by atoms with van der Waals surface area (Å²) in [6.45, 7) is 3.47. The van der Waals surface area contributed by atoms with Crippen LogP contribution < -0.4 is 14.4 Å². The molecule has 0 spiro atoms. The minimum absolute atomic E-state index is 0.0572. The van der Waals surface area contributed by atoms with Gasteiger partial charge < -0.3 is 9.64 Å². The Kier molecular flexibility index (Phi) is 6.63. The van der Waals surface area contributed by atoms with Gasteiger partial charge in [-0.1, -0.05) is 17.7 Å². The molecule has 0 aliphatic heterocycles. The summed E-state index contributed by atoms with van der Waals surface area (Å²) in [6, 6.07) is 11.7. The molecule has 0 radical (unpaired) electrons. The van der Waals surface area contributed by atoms with Crippen molar-refractivity contribution in [2.24, 2.45) is 0 Å². The van der Waals surface area contributed by atoms with Crippen LogP contribution in [0.4, 0.5) is 5.69 Å². The molecule has 0 aliphatic rings. The van der Waals surface area contributed by atoms with Crippen LogP contribution in [0.2, 0.25) is 5.02 Å². The highest BCUT2D eigenvalue weighted by Crippen LogP contribution is 2.24. The number of hydrogen-bond donors (Lipinski definition) is 1. The van der Waals surface area contributed by atoms with Gasteiger partial charge in [0.2, 0.25) is 15.9 Å². The molecule has 26 heavy (non-hydrogen) atoms. The molecular weight excluding hydrogens is 376 g/mol. The van der Waals surface area contributed by atoms with Crippen molar-refractivity contribution in [1.29, 1.82) is 0 Å². The smallest absolute Gasteiger partial charge is 0.244 e. The van der Waals surface area contributed by atoms with Gasteiger partial charge in [-0.05, 0) is 48.9 Å². The topological polar surface area (TPSA) is 75.7 Å². The minimum Gasteiger partial charge on any atom is -0.495 e. The number of nitrogens with zero attached hydrogens (tertiary/aromatic N) is 1. The van der Waals surface area contributed by atoms with E-state index < -0.39 is 10.0 Å². The number of nitrogens with one attached hydrogen (secondary N) is 1. The van der Waals surface area contributed by atoms with Crippen molar-refractivity contribution >= 4 is 33.2 Å². The van der Waals surface area contributed by atoms with Crippen molar-refractivity contribution in [3.63, 3.8) is 0 Å². The number of amides is 1. The van der Waals surface area contributed by atoms with Gasteiger partial charge >= 0.3 is 0 Å². The van der Waals surface area contributed by atoms with Gasteiger partial charge in [-0.3, -0.25) is 4.79 Å². The number of sulfonamides is 1. The van der Waals surface area contributed by atoms with Crippen LogP contribution in [0.5, 0.6) is 5.75 Å². The summed E-state index contributed by atoms with van der Waals surface area (Å²) >= 11 is 5.86. The molecule has 1 amide bonds. The molecule has 1 N–H and O–H groups in total. The van der Waals surface area contributed by atoms with Gasteiger partial charge in [0.25, 0.3) is 0 Å². The van der Waals surface area contributed by atoms with Gasteiger partial charge in [0, 0.05) is 30.7 Å². The number of aryl methyl sites for hydroxylation is 1. The first-order valence-electron chi connectivity index (χ1n) is 7.92. The molecule has 0 bridgehead atoms. The lowest BCUT2D eigenvalue weighted by molar-refractivity contribution is -0.116. The molecule has 0 aromatic heterocycles. The van der Waals surface area contributed by atoms with Crippen LogP contribution in [0, 0.1) is 6.92 Å². The molecule has 6 nitrogen and oxygen atoms in total. The Morgan fingerprint density at radius 3 is 2.42 bits per heavy atom. The highest BCUT2D eigenvalue weighted by molar-refractivity contribution is 7.89. The van der Waals surface area contributed by atoms with Crippen molar-refractivity contribution in [2.75, 3.05) is 25.1 Å². The number of halogens is 1. The fourth-order valence-corrected chi connectivity index (χ4v) is 3.85. The number of anilines is 1. The average Bonchev–Trinajstić information content (AvgIpc) is 2.59. The Hall–Kier alpha value is -2.09. The van der Waals surface area contributed by atoms with E-state index in [0.717, 1.165) is 5.56 Å². The summed E-state index contributed by atoms with van der Waals surface area (Å²) in [7, 11) is -2.35. The zero-order valence-electron chi connectivity index (χ0n) is 14.8. The predicted octanol–water partition coefficient (Wildman–Crippen LogP) is 2.99. The summed E-state index contributed by atoms with van der Waals surface area (Å²) in [5, 5.41) is 0.560. The summed E-state index contributed by atoms with van der Waals surface area (Å²) in [5.74, 6) is 0.0730. The number of carbonyl (C=O) groups is 1. The van der Waals surface area contributed by atoms with E-state index in [9.17, 15) is 13.2 Å². The average molecular weight is 397 g/mol. The van der Waals surface area contributed by atoms with Crippen LogP contribution in [-0.2, 0) is 14.8 Å². The molecule has 2 aromatic rings. The van der Waals surface area contributed by atoms with Gasteiger partial charge in [0.15, 0.2) is 0 Å². The van der Waals surface area contributed by atoms with Gasteiger partial charge in [-0.2, -0.15) is 0 Å². The Bertz CT molecular complexity index is 883. The third-order valence-corrected chi connectivity index (χ3v) is 5.49. The molecule has 2 rings (SSSR count). The third-order valence-electron chi connectivity index (χ3n) is 3.75. The van der Waals surface area contributed by atoms with Crippen molar-refractivity contribution in [3.8, 4) is 5.75 Å². The van der Waals surface area contributed by atoms with Crippen molar-refractivity contribution in [3.05, 3.63) is 53.1 Å². The quantitative estimate of drug-likeness (QED) is 0.780. The monoisotopic (exact) mass is 396 g/mol. The molecule has 0 saturated carbocycles. The lowest BCUT2D eigenvalue weighted by atomic mass is 10.2. The number of carbonyl (C=O) groups excluding carboxylic acids is 1. The van der Waals surface area contributed by atoms with E-state index in [2.05, 4.69) is 4.72 Å². The molecular formula is C18H21ClN2O4S. The summed E-state index contributed by atoms with van der Waals surface area (Å²) in [4.78, 5) is 13.4. The maximum absolute atomic E-state index is 12.6. The molecule has 2 aromatic carbocycles. The molecule has 140 valence electrons. The third kappa shape index (κ3) is 4.97. The van der Waals surface area contributed by atoms with Crippen LogP contribution in [0.15, 0.2) is 47.4 Å². The Balaban J connectivity index is 2.12. The fraction of sp³-hybridized carbons (Fsp3) is 0.278. The highest BCUT2D eigenvalue weighted by Gasteiger charge is 2.20. The lowest BCUT2D eigenvalue weighted by Gasteiger charge is -2.21. The first-order valence-corrected chi connectivity index (χ1v) is 9.78. The molecule has 0 heterocycles. The molecule has 0 unspecified atom stereocenters. The second-order valence-electron chi connectivity index (χ2n) is 5.70. The molecule has 0 atom stereocenters. The van der Waals surface area contributed by atoms with Crippen molar-refractivity contribution < 1.29 is 17.9 Å². The minimum atomic E-state index is -3.77. The largest absolute Gasteiger partial charge is 0.495 e. The maximum Gasteiger partial charge on any atom is 0.244 e. The molecule has 8 heteroatoms. The normalized spacial score (nSPS) is 11.2. The van der Waals surface area contributed by atoms with Crippen molar-refractivity contribution in [2.45, 2.75) is 18.7 Å². The summed E-state index contributed by atoms with van der Waals surface area (Å²) in [6.07, 6.45) is 0. The van der Waals surface area contributed by atoms with E-state index in [1.807, 2.05) is 0 Å². The van der Waals surface area contributed by atoms with Crippen molar-refractivity contribution in [1.82, 2.24) is 4.72 Å². The predicted molar refractivity (Wildman–Crippen MR) is 102 cm³/mol. The molecule has 0 saturated heterocycles. The maximum atomic E-state index is 12.6. The summed E-state index contributed by atoms with van der Waals surface area (Å²) in [5.41, 5.74) is 1.45. The number of benzene rings is 2. The molecule has 0 aliphatic carbocycles. The zero-order chi connectivity index (χ0) is 19.3. The standard InChI is InChI=1S/C18H21ClN2O4S/c1-13-4-9-17(25-3)18(12-13)26(23,24)20-10-11-21(14(2)22)16-7-5-15(19)6-8-16/h4-9,12,20H,10-11H2,1-3H3. The first kappa shape index (κ1) is 20.2. The molecule has 0 fully saturated rings. The van der Waals surface area contributed by atoms with Gasteiger partial charge in [0.1, 0.15) is 10.6 Å². The second-order valence-corrected chi connectivity index (χ2v) is 7.87. The van der Waals surface area contributed by atoms with Crippen LogP contribution in [0.1, 0.15) is 12.5 Å². The highest BCUT2D eigenvalue weighted by atomic mass is 35.5. The Morgan fingerprint density at radius 2 is 1.85 bits per heavy atom. The van der Waals surface area contributed by atoms with Crippen LogP contribution in [0.3, 0.4) is 0 Å². The van der Waals surface area contributed by atoms with E-state index in [1.165, 1.54) is 18.9 Å². The van der Waals surface area contributed by atoms with Gasteiger partial charge in [0.05, 0.1) is 7.11 Å². The van der Waals surface area contributed by atoms with Gasteiger partial charge in [-0.15, -0.1) is 0 Å². The van der Waals surface area contributed by atoms with E-state index >= 15 is 0 Å². The van der Waals surface area contributed by atoms with E-state index in [-0.39, 0.29) is 29.6 Å². The summed E-state index contributed by atoms with van der Waals surface area (Å²) < 4.78 is 32.8. The number of hydrogen-bond acceptors (Lipinski definition) is 4. The zero-order valence-corrected chi connectivity index (χ0v) is 16.4. The number of methoxy groups -OCH3 is 1.